The third-order valence-corrected chi connectivity index (χ3v) is 4.25. The van der Waals surface area contributed by atoms with Gasteiger partial charge >= 0.3 is 12.1 Å². The van der Waals surface area contributed by atoms with Crippen molar-refractivity contribution in [3.05, 3.63) is 24.1 Å². The maximum absolute atomic E-state index is 12.4. The molecule has 0 aromatic carbocycles. The second kappa shape index (κ2) is 4.60. The van der Waals surface area contributed by atoms with E-state index in [9.17, 15) is 13.2 Å². The van der Waals surface area contributed by atoms with Crippen LogP contribution in [0, 0.1) is 0 Å². The molecule has 1 fully saturated rings. The highest BCUT2D eigenvalue weighted by atomic mass is 32.1. The Morgan fingerprint density at radius 2 is 1.95 bits per heavy atom. The second-order valence-corrected chi connectivity index (χ2v) is 5.69. The van der Waals surface area contributed by atoms with Crippen molar-refractivity contribution in [2.45, 2.75) is 12.1 Å². The van der Waals surface area contributed by atoms with Gasteiger partial charge in [0.05, 0.1) is 5.92 Å². The van der Waals surface area contributed by atoms with Gasteiger partial charge in [-0.3, -0.25) is 0 Å². The Morgan fingerprint density at radius 3 is 2.64 bits per heavy atom. The summed E-state index contributed by atoms with van der Waals surface area (Å²) in [4.78, 5) is 18.6. The van der Waals surface area contributed by atoms with Gasteiger partial charge in [-0.1, -0.05) is 16.5 Å². The van der Waals surface area contributed by atoms with E-state index in [1.165, 1.54) is 11.3 Å². The van der Waals surface area contributed by atoms with Crippen molar-refractivity contribution in [3.63, 3.8) is 0 Å². The first-order chi connectivity index (χ1) is 10.5. The number of thiazole rings is 1. The molecule has 0 saturated carbocycles. The lowest BCUT2D eigenvalue weighted by molar-refractivity contribution is -0.159. The van der Waals surface area contributed by atoms with Gasteiger partial charge in [0.1, 0.15) is 0 Å². The largest absolute Gasteiger partial charge is 0.471 e. The number of rotatable bonds is 2. The second-order valence-electron chi connectivity index (χ2n) is 4.74. The Morgan fingerprint density at radius 1 is 1.18 bits per heavy atom. The van der Waals surface area contributed by atoms with Crippen molar-refractivity contribution in [3.8, 4) is 0 Å². The van der Waals surface area contributed by atoms with Crippen molar-refractivity contribution in [1.82, 2.24) is 25.1 Å². The zero-order valence-electron chi connectivity index (χ0n) is 10.8. The highest BCUT2D eigenvalue weighted by Gasteiger charge is 2.41. The van der Waals surface area contributed by atoms with Crippen molar-refractivity contribution in [2.24, 2.45) is 0 Å². The summed E-state index contributed by atoms with van der Waals surface area (Å²) in [5, 5.41) is 4.13. The number of nitrogens with zero attached hydrogens (tertiary/aromatic N) is 6. The lowest BCUT2D eigenvalue weighted by Gasteiger charge is -2.37. The molecular weight excluding hydrogens is 321 g/mol. The fraction of sp³-hybridized carbons (Fsp3) is 0.364. The zero-order valence-corrected chi connectivity index (χ0v) is 11.6. The predicted octanol–water partition coefficient (Wildman–Crippen LogP) is 2.09. The number of halogens is 3. The molecule has 0 unspecified atom stereocenters. The quantitative estimate of drug-likeness (QED) is 0.712. The molecular formula is C11H7F3N6OS. The van der Waals surface area contributed by atoms with Crippen molar-refractivity contribution >= 4 is 26.9 Å². The summed E-state index contributed by atoms with van der Waals surface area (Å²) in [5.41, 5.74) is 0.560. The molecule has 0 spiro atoms. The van der Waals surface area contributed by atoms with Crippen LogP contribution < -0.4 is 4.90 Å². The molecule has 4 heterocycles. The van der Waals surface area contributed by atoms with Crippen LogP contribution in [-0.2, 0) is 6.18 Å². The van der Waals surface area contributed by atoms with Crippen molar-refractivity contribution < 1.29 is 17.7 Å². The van der Waals surface area contributed by atoms with Crippen molar-refractivity contribution in [2.75, 3.05) is 18.0 Å². The molecule has 0 bridgehead atoms. The standard InChI is InChI=1S/C11H7F3N6OS/c12-11(13,14)9-17-6(19-21-9)5-3-20(4-5)10-18-7-8(22-10)16-2-1-15-7/h1-2,5H,3-4H2. The zero-order chi connectivity index (χ0) is 15.3. The molecule has 0 atom stereocenters. The number of anilines is 1. The SMILES string of the molecule is FC(F)(F)c1nc(C2CN(c3nc4nccnc4s3)C2)no1. The smallest absolute Gasteiger partial charge is 0.346 e. The number of aromatic nitrogens is 5. The van der Waals surface area contributed by atoms with Crippen LogP contribution in [0.15, 0.2) is 16.9 Å². The summed E-state index contributed by atoms with van der Waals surface area (Å²) in [5.74, 6) is -1.44. The van der Waals surface area contributed by atoms with Gasteiger partial charge in [-0.05, 0) is 0 Å². The highest BCUT2D eigenvalue weighted by molar-refractivity contribution is 7.21. The Bertz CT molecular complexity index is 791. The maximum atomic E-state index is 12.4. The summed E-state index contributed by atoms with van der Waals surface area (Å²) in [7, 11) is 0. The molecule has 0 radical (unpaired) electrons. The van der Waals surface area contributed by atoms with Gasteiger partial charge in [-0.25, -0.2) is 9.97 Å². The van der Waals surface area contributed by atoms with Crippen LogP contribution in [0.1, 0.15) is 17.6 Å². The monoisotopic (exact) mass is 328 g/mol. The van der Waals surface area contributed by atoms with E-state index in [0.29, 0.717) is 18.7 Å². The van der Waals surface area contributed by atoms with E-state index in [-0.39, 0.29) is 11.7 Å². The summed E-state index contributed by atoms with van der Waals surface area (Å²) >= 11 is 1.38. The maximum Gasteiger partial charge on any atom is 0.471 e. The molecule has 11 heteroatoms. The molecule has 4 rings (SSSR count). The van der Waals surface area contributed by atoms with Gasteiger partial charge in [0.2, 0.25) is 0 Å². The number of fused-ring (bicyclic) bond motifs is 1. The summed E-state index contributed by atoms with van der Waals surface area (Å²) in [6.07, 6.45) is -1.47. The van der Waals surface area contributed by atoms with Gasteiger partial charge in [-0.15, -0.1) is 0 Å². The van der Waals surface area contributed by atoms with E-state index in [1.807, 2.05) is 4.90 Å². The highest BCUT2D eigenvalue weighted by Crippen LogP contribution is 2.35. The van der Waals surface area contributed by atoms with E-state index in [0.717, 1.165) is 9.96 Å². The summed E-state index contributed by atoms with van der Waals surface area (Å²) in [6.45, 7) is 0.966. The lowest BCUT2D eigenvalue weighted by Crippen LogP contribution is -2.45. The molecule has 3 aromatic rings. The van der Waals surface area contributed by atoms with Gasteiger partial charge in [0.25, 0.3) is 0 Å². The van der Waals surface area contributed by atoms with Crippen LogP contribution >= 0.6 is 11.3 Å². The van der Waals surface area contributed by atoms with Gasteiger partial charge in [0, 0.05) is 25.5 Å². The fourth-order valence-corrected chi connectivity index (χ4v) is 3.00. The Hall–Kier alpha value is -2.30. The number of hydrogen-bond donors (Lipinski definition) is 0. The predicted molar refractivity (Wildman–Crippen MR) is 69.5 cm³/mol. The Balaban J connectivity index is 1.48. The van der Waals surface area contributed by atoms with E-state index in [1.54, 1.807) is 12.4 Å². The van der Waals surface area contributed by atoms with Crippen LogP contribution in [0.5, 0.6) is 0 Å². The lowest BCUT2D eigenvalue weighted by atomic mass is 10.0. The molecule has 114 valence electrons. The first-order valence-corrected chi connectivity index (χ1v) is 7.05. The molecule has 0 aliphatic carbocycles. The molecule has 22 heavy (non-hydrogen) atoms. The minimum atomic E-state index is -4.61. The fourth-order valence-electron chi connectivity index (χ4n) is 2.12. The van der Waals surface area contributed by atoms with Crippen LogP contribution in [0.4, 0.5) is 18.3 Å². The summed E-state index contributed by atoms with van der Waals surface area (Å²) in [6, 6.07) is 0. The van der Waals surface area contributed by atoms with Crippen LogP contribution in [0.3, 0.4) is 0 Å². The molecule has 1 aliphatic rings. The van der Waals surface area contributed by atoms with Crippen LogP contribution in [0.2, 0.25) is 0 Å². The van der Waals surface area contributed by atoms with E-state index < -0.39 is 12.1 Å². The van der Waals surface area contributed by atoms with Gasteiger partial charge in [0.15, 0.2) is 21.4 Å². The third-order valence-electron chi connectivity index (χ3n) is 3.24. The molecule has 1 aliphatic heterocycles. The average molecular weight is 328 g/mol. The Kier molecular flexibility index (Phi) is 2.79. The first-order valence-electron chi connectivity index (χ1n) is 6.24. The van der Waals surface area contributed by atoms with Crippen molar-refractivity contribution in [1.29, 1.82) is 0 Å². The third kappa shape index (κ3) is 2.17. The van der Waals surface area contributed by atoms with Crippen LogP contribution in [0.25, 0.3) is 10.5 Å². The van der Waals surface area contributed by atoms with Crippen LogP contribution in [-0.4, -0.2) is 38.2 Å². The minimum Gasteiger partial charge on any atom is -0.346 e. The van der Waals surface area contributed by atoms with E-state index in [2.05, 4.69) is 29.6 Å². The number of hydrogen-bond acceptors (Lipinski definition) is 8. The van der Waals surface area contributed by atoms with Gasteiger partial charge in [-0.2, -0.15) is 23.1 Å². The molecule has 0 N–H and O–H groups in total. The van der Waals surface area contributed by atoms with E-state index >= 15 is 0 Å². The molecule has 3 aromatic heterocycles. The first kappa shape index (κ1) is 13.4. The molecule has 7 nitrogen and oxygen atoms in total. The topological polar surface area (TPSA) is 80.8 Å². The Labute approximate surface area is 124 Å². The van der Waals surface area contributed by atoms with E-state index in [4.69, 9.17) is 0 Å². The average Bonchev–Trinajstić information content (AvgIpc) is 3.02. The number of alkyl halides is 3. The normalized spacial score (nSPS) is 16.2. The van der Waals surface area contributed by atoms with Gasteiger partial charge < -0.3 is 9.42 Å². The summed E-state index contributed by atoms with van der Waals surface area (Å²) < 4.78 is 41.5. The molecule has 1 saturated heterocycles. The molecule has 0 amide bonds. The minimum absolute atomic E-state index is 0.0703.